The van der Waals surface area contributed by atoms with E-state index < -0.39 is 0 Å². The van der Waals surface area contributed by atoms with E-state index in [9.17, 15) is 4.79 Å². The van der Waals surface area contributed by atoms with Gasteiger partial charge in [0.05, 0.1) is 0 Å². The predicted octanol–water partition coefficient (Wildman–Crippen LogP) is 0.706. The molecule has 18 heavy (non-hydrogen) atoms. The summed E-state index contributed by atoms with van der Waals surface area (Å²) in [6.07, 6.45) is 4.96. The third-order valence-corrected chi connectivity index (χ3v) is 4.04. The fraction of sp³-hybridized carbons (Fsp3) is 0.786. The molecule has 2 aliphatic heterocycles. The Morgan fingerprint density at radius 1 is 1.33 bits per heavy atom. The van der Waals surface area contributed by atoms with Crippen LogP contribution in [0.2, 0.25) is 0 Å². The second-order valence-corrected chi connectivity index (χ2v) is 5.37. The van der Waals surface area contributed by atoms with Crippen molar-refractivity contribution in [3.05, 3.63) is 12.7 Å². The van der Waals surface area contributed by atoms with E-state index in [1.807, 2.05) is 11.0 Å². The first-order valence-corrected chi connectivity index (χ1v) is 7.11. The van der Waals surface area contributed by atoms with Crippen molar-refractivity contribution in [1.29, 1.82) is 0 Å². The molecule has 2 fully saturated rings. The Balaban J connectivity index is 1.65. The highest BCUT2D eigenvalue weighted by Gasteiger charge is 2.22. The molecule has 102 valence electrons. The Morgan fingerprint density at radius 3 is 2.72 bits per heavy atom. The molecule has 4 heteroatoms. The minimum atomic E-state index is 0.347. The van der Waals surface area contributed by atoms with Crippen LogP contribution in [-0.2, 0) is 4.79 Å². The molecule has 0 aromatic heterocycles. The minimum Gasteiger partial charge on any atom is -0.340 e. The van der Waals surface area contributed by atoms with Gasteiger partial charge < -0.3 is 10.2 Å². The number of hydrogen-bond acceptors (Lipinski definition) is 3. The topological polar surface area (TPSA) is 35.6 Å². The largest absolute Gasteiger partial charge is 0.340 e. The number of carbonyl (C=O) groups is 1. The lowest BCUT2D eigenvalue weighted by Crippen LogP contribution is -2.48. The number of amides is 1. The van der Waals surface area contributed by atoms with Crippen molar-refractivity contribution in [2.75, 3.05) is 45.8 Å². The molecule has 2 aliphatic rings. The van der Waals surface area contributed by atoms with Crippen LogP contribution in [0.5, 0.6) is 0 Å². The van der Waals surface area contributed by atoms with Gasteiger partial charge in [-0.15, -0.1) is 6.58 Å². The first kappa shape index (κ1) is 13.6. The van der Waals surface area contributed by atoms with Gasteiger partial charge in [-0.1, -0.05) is 6.08 Å². The van der Waals surface area contributed by atoms with E-state index in [2.05, 4.69) is 16.8 Å². The zero-order chi connectivity index (χ0) is 12.8. The van der Waals surface area contributed by atoms with Gasteiger partial charge in [0, 0.05) is 39.1 Å². The zero-order valence-corrected chi connectivity index (χ0v) is 11.2. The lowest BCUT2D eigenvalue weighted by Gasteiger charge is -2.34. The summed E-state index contributed by atoms with van der Waals surface area (Å²) < 4.78 is 0. The molecule has 1 unspecified atom stereocenters. The number of nitrogens with one attached hydrogen (secondary N) is 1. The maximum atomic E-state index is 12.1. The van der Waals surface area contributed by atoms with Crippen molar-refractivity contribution >= 4 is 5.91 Å². The maximum Gasteiger partial charge on any atom is 0.222 e. The molecule has 0 aromatic carbocycles. The SMILES string of the molecule is C=CCN1CCN(C(=O)CCC2CCNC2)CC1. The smallest absolute Gasteiger partial charge is 0.222 e. The van der Waals surface area contributed by atoms with Gasteiger partial charge >= 0.3 is 0 Å². The monoisotopic (exact) mass is 251 g/mol. The molecule has 4 nitrogen and oxygen atoms in total. The highest BCUT2D eigenvalue weighted by atomic mass is 16.2. The van der Waals surface area contributed by atoms with Gasteiger partial charge in [-0.05, 0) is 31.8 Å². The Kier molecular flexibility index (Phi) is 5.20. The second-order valence-electron chi connectivity index (χ2n) is 5.37. The van der Waals surface area contributed by atoms with Crippen molar-refractivity contribution in [3.8, 4) is 0 Å². The molecule has 0 bridgehead atoms. The lowest BCUT2D eigenvalue weighted by atomic mass is 10.0. The molecule has 2 saturated heterocycles. The van der Waals surface area contributed by atoms with Crippen molar-refractivity contribution in [2.24, 2.45) is 5.92 Å². The molecular formula is C14H25N3O. The molecule has 1 N–H and O–H groups in total. The number of piperazine rings is 1. The van der Waals surface area contributed by atoms with E-state index in [0.717, 1.165) is 64.6 Å². The summed E-state index contributed by atoms with van der Waals surface area (Å²) >= 11 is 0. The van der Waals surface area contributed by atoms with Crippen molar-refractivity contribution in [3.63, 3.8) is 0 Å². The maximum absolute atomic E-state index is 12.1. The number of rotatable bonds is 5. The molecule has 0 aliphatic carbocycles. The standard InChI is InChI=1S/C14H25N3O/c1-2-7-16-8-10-17(11-9-16)14(18)4-3-13-5-6-15-12-13/h2,13,15H,1,3-12H2. The van der Waals surface area contributed by atoms with E-state index in [1.165, 1.54) is 6.42 Å². The third-order valence-electron chi connectivity index (χ3n) is 4.04. The molecule has 1 atom stereocenters. The van der Waals surface area contributed by atoms with E-state index in [1.54, 1.807) is 0 Å². The molecule has 2 rings (SSSR count). The Bertz CT molecular complexity index is 279. The second kappa shape index (κ2) is 6.90. The van der Waals surface area contributed by atoms with Crippen LogP contribution in [0.4, 0.5) is 0 Å². The normalized spacial score (nSPS) is 25.3. The van der Waals surface area contributed by atoms with Crippen molar-refractivity contribution in [1.82, 2.24) is 15.1 Å². The van der Waals surface area contributed by atoms with Gasteiger partial charge in [-0.3, -0.25) is 9.69 Å². The van der Waals surface area contributed by atoms with Crippen LogP contribution >= 0.6 is 0 Å². The van der Waals surface area contributed by atoms with Crippen LogP contribution in [0.25, 0.3) is 0 Å². The van der Waals surface area contributed by atoms with Gasteiger partial charge in [0.1, 0.15) is 0 Å². The number of hydrogen-bond donors (Lipinski definition) is 1. The van der Waals surface area contributed by atoms with Gasteiger partial charge in [-0.2, -0.15) is 0 Å². The molecule has 1 amide bonds. The van der Waals surface area contributed by atoms with Crippen LogP contribution in [0, 0.1) is 5.92 Å². The minimum absolute atomic E-state index is 0.347. The van der Waals surface area contributed by atoms with E-state index in [-0.39, 0.29) is 0 Å². The molecule has 0 spiro atoms. The van der Waals surface area contributed by atoms with Gasteiger partial charge in [0.25, 0.3) is 0 Å². The zero-order valence-electron chi connectivity index (χ0n) is 11.2. The molecular weight excluding hydrogens is 226 g/mol. The molecule has 0 aromatic rings. The highest BCUT2D eigenvalue weighted by molar-refractivity contribution is 5.76. The molecule has 0 radical (unpaired) electrons. The fourth-order valence-corrected chi connectivity index (χ4v) is 2.81. The summed E-state index contributed by atoms with van der Waals surface area (Å²) in [4.78, 5) is 16.5. The number of carbonyl (C=O) groups excluding carboxylic acids is 1. The third kappa shape index (κ3) is 3.82. The first-order valence-electron chi connectivity index (χ1n) is 7.11. The Labute approximate surface area is 110 Å². The van der Waals surface area contributed by atoms with Crippen molar-refractivity contribution < 1.29 is 4.79 Å². The van der Waals surface area contributed by atoms with Crippen LogP contribution < -0.4 is 5.32 Å². The quantitative estimate of drug-likeness (QED) is 0.731. The van der Waals surface area contributed by atoms with Gasteiger partial charge in [-0.25, -0.2) is 0 Å². The van der Waals surface area contributed by atoms with Gasteiger partial charge in [0.15, 0.2) is 0 Å². The van der Waals surface area contributed by atoms with Gasteiger partial charge in [0.2, 0.25) is 5.91 Å². The predicted molar refractivity (Wildman–Crippen MR) is 73.4 cm³/mol. The summed E-state index contributed by atoms with van der Waals surface area (Å²) in [6.45, 7) is 10.7. The Morgan fingerprint density at radius 2 is 2.11 bits per heavy atom. The first-order chi connectivity index (χ1) is 8.79. The molecule has 2 heterocycles. The van der Waals surface area contributed by atoms with E-state index in [4.69, 9.17) is 0 Å². The molecule has 0 saturated carbocycles. The summed E-state index contributed by atoms with van der Waals surface area (Å²) in [7, 11) is 0. The van der Waals surface area contributed by atoms with Crippen LogP contribution in [0.1, 0.15) is 19.3 Å². The van der Waals surface area contributed by atoms with Crippen LogP contribution in [0.15, 0.2) is 12.7 Å². The summed E-state index contributed by atoms with van der Waals surface area (Å²) in [5.74, 6) is 1.07. The average molecular weight is 251 g/mol. The summed E-state index contributed by atoms with van der Waals surface area (Å²) in [6, 6.07) is 0. The lowest BCUT2D eigenvalue weighted by molar-refractivity contribution is -0.133. The van der Waals surface area contributed by atoms with Crippen LogP contribution in [-0.4, -0.2) is 61.5 Å². The summed E-state index contributed by atoms with van der Waals surface area (Å²) in [5.41, 5.74) is 0. The summed E-state index contributed by atoms with van der Waals surface area (Å²) in [5, 5.41) is 3.35. The van der Waals surface area contributed by atoms with E-state index >= 15 is 0 Å². The van der Waals surface area contributed by atoms with E-state index in [0.29, 0.717) is 5.91 Å². The Hall–Kier alpha value is -0.870. The highest BCUT2D eigenvalue weighted by Crippen LogP contribution is 2.15. The average Bonchev–Trinajstić information content (AvgIpc) is 2.90. The fourth-order valence-electron chi connectivity index (χ4n) is 2.81. The number of nitrogens with zero attached hydrogens (tertiary/aromatic N) is 2. The van der Waals surface area contributed by atoms with Crippen molar-refractivity contribution in [2.45, 2.75) is 19.3 Å². The van der Waals surface area contributed by atoms with Crippen LogP contribution in [0.3, 0.4) is 0 Å².